The van der Waals surface area contributed by atoms with Gasteiger partial charge in [-0.2, -0.15) is 0 Å². The average Bonchev–Trinajstić information content (AvgIpc) is 3.07. The molecular formula is C27H28NTi-. The van der Waals surface area contributed by atoms with Crippen LogP contribution in [0.5, 0.6) is 0 Å². The molecule has 3 aromatic carbocycles. The van der Waals surface area contributed by atoms with Gasteiger partial charge in [-0.05, 0) is 33.9 Å². The molecule has 0 fully saturated rings. The minimum absolute atomic E-state index is 0. The van der Waals surface area contributed by atoms with Crippen LogP contribution in [0.15, 0.2) is 78.9 Å². The number of hydrogen-bond acceptors (Lipinski definition) is 0. The van der Waals surface area contributed by atoms with Crippen molar-refractivity contribution >= 4 is 11.6 Å². The Morgan fingerprint density at radius 1 is 0.759 bits per heavy atom. The van der Waals surface area contributed by atoms with Gasteiger partial charge in [-0.25, -0.2) is 0 Å². The van der Waals surface area contributed by atoms with Gasteiger partial charge >= 0.3 is 0 Å². The molecule has 146 valence electrons. The summed E-state index contributed by atoms with van der Waals surface area (Å²) in [6, 6.07) is 28.5. The standard InChI is InChI=1S/C27H28N.Ti/c1-19(28-27(2,3)4)22-15-10-11-17-24(22)26-23-16-9-8-14-21(23)18-25(26)20-12-6-5-7-13-20;/h5-19,26H,1-4H3;/q-1;. The van der Waals surface area contributed by atoms with Crippen LogP contribution < -0.4 is 0 Å². The van der Waals surface area contributed by atoms with Gasteiger partial charge < -0.3 is 5.32 Å². The molecule has 2 unspecified atom stereocenters. The molecule has 0 amide bonds. The molecule has 2 atom stereocenters. The summed E-state index contributed by atoms with van der Waals surface area (Å²) in [5.74, 6) is 0.243. The molecule has 2 heteroatoms. The molecule has 0 spiro atoms. The largest absolute Gasteiger partial charge is 0.651 e. The maximum Gasteiger partial charge on any atom is 0.0354 e. The van der Waals surface area contributed by atoms with Gasteiger partial charge in [-0.1, -0.05) is 112 Å². The molecule has 1 nitrogen and oxygen atoms in total. The molecule has 4 rings (SSSR count). The Bertz CT molecular complexity index is 998. The number of rotatable bonds is 4. The van der Waals surface area contributed by atoms with Gasteiger partial charge in [0, 0.05) is 27.6 Å². The van der Waals surface area contributed by atoms with Crippen LogP contribution in [-0.4, -0.2) is 5.54 Å². The zero-order chi connectivity index (χ0) is 19.7. The summed E-state index contributed by atoms with van der Waals surface area (Å²) in [5.41, 5.74) is 8.00. The van der Waals surface area contributed by atoms with Gasteiger partial charge in [-0.15, -0.1) is 11.6 Å². The second kappa shape index (κ2) is 8.84. The molecule has 3 aromatic rings. The Hall–Kier alpha value is -1.93. The third kappa shape index (κ3) is 4.64. The predicted molar refractivity (Wildman–Crippen MR) is 121 cm³/mol. The van der Waals surface area contributed by atoms with Crippen LogP contribution in [0.2, 0.25) is 0 Å². The first kappa shape index (κ1) is 21.8. The Morgan fingerprint density at radius 2 is 1.34 bits per heavy atom. The minimum Gasteiger partial charge on any atom is -0.651 e. The fraction of sp³-hybridized carbons (Fsp3) is 0.259. The average molecular weight is 414 g/mol. The molecule has 0 N–H and O–H groups in total. The second-order valence-corrected chi connectivity index (χ2v) is 8.63. The minimum atomic E-state index is -0.0573. The topological polar surface area (TPSA) is 14.1 Å². The molecular weight excluding hydrogens is 386 g/mol. The normalized spacial score (nSPS) is 16.6. The summed E-state index contributed by atoms with van der Waals surface area (Å²) in [5, 5.41) is 5.05. The predicted octanol–water partition coefficient (Wildman–Crippen LogP) is 7.60. The fourth-order valence-electron chi connectivity index (χ4n) is 4.34. The van der Waals surface area contributed by atoms with Crippen LogP contribution in [0.3, 0.4) is 0 Å². The molecule has 1 aliphatic carbocycles. The van der Waals surface area contributed by atoms with Crippen molar-refractivity contribution in [2.24, 2.45) is 0 Å². The maximum absolute atomic E-state index is 5.05. The van der Waals surface area contributed by atoms with Crippen molar-refractivity contribution in [3.05, 3.63) is 112 Å². The number of benzene rings is 3. The molecule has 1 aliphatic rings. The van der Waals surface area contributed by atoms with Crippen molar-refractivity contribution in [3.8, 4) is 0 Å². The van der Waals surface area contributed by atoms with Gasteiger partial charge in [0.1, 0.15) is 0 Å². The fourth-order valence-corrected chi connectivity index (χ4v) is 4.34. The molecule has 29 heavy (non-hydrogen) atoms. The van der Waals surface area contributed by atoms with E-state index in [9.17, 15) is 0 Å². The summed E-state index contributed by atoms with van der Waals surface area (Å²) in [4.78, 5) is 0. The van der Waals surface area contributed by atoms with E-state index in [1.165, 1.54) is 33.4 Å². The van der Waals surface area contributed by atoms with E-state index < -0.39 is 0 Å². The Labute approximate surface area is 190 Å². The molecule has 0 heterocycles. The molecule has 0 radical (unpaired) electrons. The van der Waals surface area contributed by atoms with E-state index in [2.05, 4.69) is 113 Å². The van der Waals surface area contributed by atoms with Gasteiger partial charge in [0.15, 0.2) is 0 Å². The van der Waals surface area contributed by atoms with Crippen molar-refractivity contribution < 1.29 is 21.7 Å². The maximum atomic E-state index is 5.05. The molecule has 0 aliphatic heterocycles. The summed E-state index contributed by atoms with van der Waals surface area (Å²) in [6.07, 6.45) is 2.36. The smallest absolute Gasteiger partial charge is 0.0354 e. The van der Waals surface area contributed by atoms with Crippen molar-refractivity contribution in [2.75, 3.05) is 0 Å². The van der Waals surface area contributed by atoms with Crippen LogP contribution in [0.1, 0.15) is 67.5 Å². The first-order chi connectivity index (χ1) is 13.4. The first-order valence-corrected chi connectivity index (χ1v) is 10.1. The van der Waals surface area contributed by atoms with Gasteiger partial charge in [0.2, 0.25) is 0 Å². The Balaban J connectivity index is 0.00000240. The van der Waals surface area contributed by atoms with E-state index in [0.717, 1.165) is 0 Å². The van der Waals surface area contributed by atoms with Crippen LogP contribution in [0, 0.1) is 0 Å². The number of nitrogens with zero attached hydrogens (tertiary/aromatic N) is 1. The van der Waals surface area contributed by atoms with Crippen LogP contribution in [-0.2, 0) is 21.7 Å². The SMILES string of the molecule is CC([N-]C(C)(C)C)c1ccccc1C1C(c2ccccc2)=Cc2ccccc21.[Ti]. The van der Waals surface area contributed by atoms with Crippen molar-refractivity contribution in [1.82, 2.24) is 0 Å². The van der Waals surface area contributed by atoms with Crippen LogP contribution >= 0.6 is 0 Å². The number of fused-ring (bicyclic) bond motifs is 1. The molecule has 0 saturated carbocycles. The van der Waals surface area contributed by atoms with Crippen LogP contribution in [0.4, 0.5) is 0 Å². The van der Waals surface area contributed by atoms with E-state index in [1.54, 1.807) is 0 Å². The Morgan fingerprint density at radius 3 is 2.03 bits per heavy atom. The summed E-state index contributed by atoms with van der Waals surface area (Å²) >= 11 is 0. The van der Waals surface area contributed by atoms with Crippen molar-refractivity contribution in [1.29, 1.82) is 0 Å². The van der Waals surface area contributed by atoms with E-state index in [0.29, 0.717) is 0 Å². The number of allylic oxidation sites excluding steroid dienone is 1. The van der Waals surface area contributed by atoms with E-state index in [-0.39, 0.29) is 39.2 Å². The third-order valence-corrected chi connectivity index (χ3v) is 5.37. The quantitative estimate of drug-likeness (QED) is 0.390. The van der Waals surface area contributed by atoms with E-state index in [4.69, 9.17) is 5.32 Å². The zero-order valence-electron chi connectivity index (χ0n) is 17.7. The summed E-state index contributed by atoms with van der Waals surface area (Å²) in [7, 11) is 0. The first-order valence-electron chi connectivity index (χ1n) is 10.1. The number of hydrogen-bond donors (Lipinski definition) is 0. The van der Waals surface area contributed by atoms with Gasteiger partial charge in [-0.3, -0.25) is 0 Å². The second-order valence-electron chi connectivity index (χ2n) is 8.63. The van der Waals surface area contributed by atoms with Crippen molar-refractivity contribution in [3.63, 3.8) is 0 Å². The molecule has 0 saturated heterocycles. The monoisotopic (exact) mass is 414 g/mol. The summed E-state index contributed by atoms with van der Waals surface area (Å²) < 4.78 is 0. The van der Waals surface area contributed by atoms with Crippen LogP contribution in [0.25, 0.3) is 17.0 Å². The zero-order valence-corrected chi connectivity index (χ0v) is 19.2. The molecule has 0 bridgehead atoms. The van der Waals surface area contributed by atoms with E-state index >= 15 is 0 Å². The third-order valence-electron chi connectivity index (χ3n) is 5.37. The molecule has 0 aromatic heterocycles. The van der Waals surface area contributed by atoms with Gasteiger partial charge in [0.05, 0.1) is 0 Å². The summed E-state index contributed by atoms with van der Waals surface area (Å²) in [6.45, 7) is 8.74. The van der Waals surface area contributed by atoms with E-state index in [1.807, 2.05) is 0 Å². The van der Waals surface area contributed by atoms with Crippen molar-refractivity contribution in [2.45, 2.75) is 45.2 Å². The Kier molecular flexibility index (Phi) is 6.63. The van der Waals surface area contributed by atoms with Gasteiger partial charge in [0.25, 0.3) is 0 Å².